The molecule has 3 nitrogen and oxygen atoms in total. The standard InChI is InChI=1S/C16H9ClF5N3/c17-8-3-13(20)14(23-7-8)5-10-6-15(16(21)22)24-25(10)9-1-2-11(18)12(19)4-9/h1-4,6-7,16H,5H2. The molecule has 0 bridgehead atoms. The highest BCUT2D eigenvalue weighted by Gasteiger charge is 2.19. The Morgan fingerprint density at radius 1 is 1.00 bits per heavy atom. The average Bonchev–Trinajstić information content (AvgIpc) is 2.97. The number of nitrogens with zero attached hydrogens (tertiary/aromatic N) is 3. The summed E-state index contributed by atoms with van der Waals surface area (Å²) in [5.41, 5.74) is -0.465. The highest BCUT2D eigenvalue weighted by molar-refractivity contribution is 6.30. The Morgan fingerprint density at radius 2 is 1.76 bits per heavy atom. The lowest BCUT2D eigenvalue weighted by atomic mass is 10.2. The van der Waals surface area contributed by atoms with Crippen LogP contribution in [0.2, 0.25) is 5.02 Å². The number of hydrogen-bond acceptors (Lipinski definition) is 2. The second-order valence-electron chi connectivity index (χ2n) is 5.13. The van der Waals surface area contributed by atoms with Crippen molar-refractivity contribution >= 4 is 11.6 Å². The van der Waals surface area contributed by atoms with Crippen LogP contribution in [0.5, 0.6) is 0 Å². The topological polar surface area (TPSA) is 30.7 Å². The molecule has 25 heavy (non-hydrogen) atoms. The molecule has 0 atom stereocenters. The van der Waals surface area contributed by atoms with Gasteiger partial charge in [0.15, 0.2) is 11.6 Å². The first kappa shape index (κ1) is 17.3. The second kappa shape index (κ2) is 6.79. The molecule has 9 heteroatoms. The molecule has 0 unspecified atom stereocenters. The van der Waals surface area contributed by atoms with Gasteiger partial charge in [-0.1, -0.05) is 11.6 Å². The Kier molecular flexibility index (Phi) is 4.71. The zero-order chi connectivity index (χ0) is 18.1. The van der Waals surface area contributed by atoms with Crippen molar-refractivity contribution in [3.8, 4) is 5.69 Å². The van der Waals surface area contributed by atoms with Crippen molar-refractivity contribution in [2.75, 3.05) is 0 Å². The molecule has 0 aliphatic carbocycles. The molecule has 0 saturated heterocycles. The molecule has 1 aromatic carbocycles. The van der Waals surface area contributed by atoms with Crippen molar-refractivity contribution in [2.45, 2.75) is 12.8 Å². The molecule has 0 aliphatic heterocycles. The molecule has 2 heterocycles. The lowest BCUT2D eigenvalue weighted by Gasteiger charge is -2.08. The summed E-state index contributed by atoms with van der Waals surface area (Å²) in [4.78, 5) is 3.82. The minimum Gasteiger partial charge on any atom is -0.256 e. The van der Waals surface area contributed by atoms with Gasteiger partial charge >= 0.3 is 0 Å². The fourth-order valence-electron chi connectivity index (χ4n) is 2.26. The summed E-state index contributed by atoms with van der Waals surface area (Å²) in [5, 5.41) is 3.78. The van der Waals surface area contributed by atoms with Gasteiger partial charge in [0, 0.05) is 18.7 Å². The van der Waals surface area contributed by atoms with Crippen molar-refractivity contribution in [3.05, 3.63) is 76.1 Å². The van der Waals surface area contributed by atoms with Crippen LogP contribution in [-0.4, -0.2) is 14.8 Å². The van der Waals surface area contributed by atoms with E-state index in [1.165, 1.54) is 12.3 Å². The predicted molar refractivity (Wildman–Crippen MR) is 80.4 cm³/mol. The van der Waals surface area contributed by atoms with Crippen LogP contribution >= 0.6 is 11.6 Å². The van der Waals surface area contributed by atoms with E-state index in [4.69, 9.17) is 11.6 Å². The highest BCUT2D eigenvalue weighted by atomic mass is 35.5. The Hall–Kier alpha value is -2.48. The molecule has 0 aliphatic rings. The van der Waals surface area contributed by atoms with Gasteiger partial charge in [-0.2, -0.15) is 5.10 Å². The third kappa shape index (κ3) is 3.63. The van der Waals surface area contributed by atoms with Crippen LogP contribution < -0.4 is 0 Å². The van der Waals surface area contributed by atoms with Crippen LogP contribution in [0.1, 0.15) is 23.5 Å². The first-order valence-corrected chi connectivity index (χ1v) is 7.35. The number of halogens is 6. The lowest BCUT2D eigenvalue weighted by Crippen LogP contribution is -2.06. The zero-order valence-electron chi connectivity index (χ0n) is 12.4. The summed E-state index contributed by atoms with van der Waals surface area (Å²) in [6.45, 7) is 0. The van der Waals surface area contributed by atoms with Gasteiger partial charge in [-0.15, -0.1) is 0 Å². The van der Waals surface area contributed by atoms with Gasteiger partial charge in [0.2, 0.25) is 0 Å². The van der Waals surface area contributed by atoms with Crippen molar-refractivity contribution in [1.82, 2.24) is 14.8 Å². The molecular formula is C16H9ClF5N3. The van der Waals surface area contributed by atoms with E-state index in [0.29, 0.717) is 0 Å². The summed E-state index contributed by atoms with van der Waals surface area (Å²) < 4.78 is 67.4. The Balaban J connectivity index is 2.07. The Bertz CT molecular complexity index is 926. The number of pyridine rings is 1. The maximum Gasteiger partial charge on any atom is 0.282 e. The largest absolute Gasteiger partial charge is 0.282 e. The molecule has 0 N–H and O–H groups in total. The van der Waals surface area contributed by atoms with Crippen LogP contribution in [0.15, 0.2) is 36.5 Å². The van der Waals surface area contributed by atoms with Crippen LogP contribution in [0.4, 0.5) is 22.0 Å². The monoisotopic (exact) mass is 373 g/mol. The van der Waals surface area contributed by atoms with Gasteiger partial charge < -0.3 is 0 Å². The SMILES string of the molecule is Fc1ccc(-n2nc(C(F)F)cc2Cc2ncc(Cl)cc2F)cc1F. The van der Waals surface area contributed by atoms with E-state index in [0.717, 1.165) is 28.9 Å². The maximum atomic E-state index is 13.9. The van der Waals surface area contributed by atoms with Gasteiger partial charge in [0.05, 0.1) is 22.1 Å². The number of hydrogen-bond donors (Lipinski definition) is 0. The highest BCUT2D eigenvalue weighted by Crippen LogP contribution is 2.24. The fraction of sp³-hybridized carbons (Fsp3) is 0.125. The third-order valence-electron chi connectivity index (χ3n) is 3.41. The van der Waals surface area contributed by atoms with E-state index in [2.05, 4.69) is 10.1 Å². The molecule has 3 aromatic rings. The van der Waals surface area contributed by atoms with E-state index in [9.17, 15) is 22.0 Å². The Labute approximate surface area is 143 Å². The van der Waals surface area contributed by atoms with Gasteiger partial charge in [0.1, 0.15) is 11.5 Å². The van der Waals surface area contributed by atoms with Crippen molar-refractivity contribution < 1.29 is 22.0 Å². The summed E-state index contributed by atoms with van der Waals surface area (Å²) in [6, 6.07) is 4.93. The van der Waals surface area contributed by atoms with Crippen molar-refractivity contribution in [1.29, 1.82) is 0 Å². The normalized spacial score (nSPS) is 11.3. The number of benzene rings is 1. The van der Waals surface area contributed by atoms with Gasteiger partial charge in [-0.05, 0) is 24.3 Å². The van der Waals surface area contributed by atoms with Crippen molar-refractivity contribution in [3.63, 3.8) is 0 Å². The van der Waals surface area contributed by atoms with E-state index in [-0.39, 0.29) is 28.5 Å². The first-order chi connectivity index (χ1) is 11.8. The molecule has 0 spiro atoms. The van der Waals surface area contributed by atoms with Crippen LogP contribution in [0.25, 0.3) is 5.69 Å². The van der Waals surface area contributed by atoms with E-state index in [1.54, 1.807) is 0 Å². The van der Waals surface area contributed by atoms with E-state index >= 15 is 0 Å². The van der Waals surface area contributed by atoms with E-state index < -0.39 is 29.6 Å². The second-order valence-corrected chi connectivity index (χ2v) is 5.57. The number of aromatic nitrogens is 3. The molecular weight excluding hydrogens is 365 g/mol. The zero-order valence-corrected chi connectivity index (χ0v) is 13.1. The number of alkyl halides is 2. The van der Waals surface area contributed by atoms with Crippen molar-refractivity contribution in [2.24, 2.45) is 0 Å². The molecule has 0 amide bonds. The van der Waals surface area contributed by atoms with Gasteiger partial charge in [-0.3, -0.25) is 4.98 Å². The predicted octanol–water partition coefficient (Wildman–Crippen LogP) is 4.87. The molecule has 2 aromatic heterocycles. The third-order valence-corrected chi connectivity index (χ3v) is 3.61. The quantitative estimate of drug-likeness (QED) is 0.611. The fourth-order valence-corrected chi connectivity index (χ4v) is 2.40. The van der Waals surface area contributed by atoms with Crippen LogP contribution in [0.3, 0.4) is 0 Å². The minimum atomic E-state index is -2.88. The maximum absolute atomic E-state index is 13.9. The van der Waals surface area contributed by atoms with Gasteiger partial charge in [-0.25, -0.2) is 26.6 Å². The molecule has 0 radical (unpaired) electrons. The minimum absolute atomic E-state index is 0.0233. The van der Waals surface area contributed by atoms with Crippen LogP contribution in [-0.2, 0) is 6.42 Å². The molecule has 3 rings (SSSR count). The molecule has 0 saturated carbocycles. The summed E-state index contributed by atoms with van der Waals surface area (Å²) in [6.07, 6.45) is -1.86. The average molecular weight is 374 g/mol. The summed E-state index contributed by atoms with van der Waals surface area (Å²) in [5.74, 6) is -2.96. The van der Waals surface area contributed by atoms with Gasteiger partial charge in [0.25, 0.3) is 6.43 Å². The summed E-state index contributed by atoms with van der Waals surface area (Å²) in [7, 11) is 0. The van der Waals surface area contributed by atoms with Crippen LogP contribution in [0, 0.1) is 17.5 Å². The molecule has 0 fully saturated rings. The van der Waals surface area contributed by atoms with E-state index in [1.807, 2.05) is 0 Å². The first-order valence-electron chi connectivity index (χ1n) is 6.97. The number of rotatable bonds is 4. The summed E-state index contributed by atoms with van der Waals surface area (Å²) >= 11 is 5.63. The lowest BCUT2D eigenvalue weighted by molar-refractivity contribution is 0.145. The smallest absolute Gasteiger partial charge is 0.256 e. The Morgan fingerprint density at radius 3 is 2.40 bits per heavy atom. The molecule has 130 valence electrons.